The van der Waals surface area contributed by atoms with E-state index >= 15 is 0 Å². The number of aromatic hydroxyl groups is 1. The number of rotatable bonds is 2. The fourth-order valence-corrected chi connectivity index (χ4v) is 1.47. The Morgan fingerprint density at radius 2 is 1.88 bits per heavy atom. The number of para-hydroxylation sites is 2. The van der Waals surface area contributed by atoms with Gasteiger partial charge in [0.05, 0.1) is 5.56 Å². The van der Waals surface area contributed by atoms with Crippen molar-refractivity contribution in [3.05, 3.63) is 59.7 Å². The van der Waals surface area contributed by atoms with Crippen molar-refractivity contribution in [2.75, 3.05) is 0 Å². The lowest BCUT2D eigenvalue weighted by Crippen LogP contribution is -2.08. The van der Waals surface area contributed by atoms with Gasteiger partial charge >= 0.3 is 5.97 Å². The predicted molar refractivity (Wildman–Crippen MR) is 64.2 cm³/mol. The third-order valence-electron chi connectivity index (χ3n) is 2.32. The summed E-state index contributed by atoms with van der Waals surface area (Å²) in [7, 11) is 0. The first-order valence-electron chi connectivity index (χ1n) is 5.23. The van der Waals surface area contributed by atoms with E-state index in [-0.39, 0.29) is 11.5 Å². The molecule has 2 aromatic rings. The van der Waals surface area contributed by atoms with Crippen LogP contribution in [0.5, 0.6) is 11.5 Å². The molecule has 0 amide bonds. The van der Waals surface area contributed by atoms with Gasteiger partial charge in [-0.25, -0.2) is 4.79 Å². The molecule has 0 bridgehead atoms. The topological polar surface area (TPSA) is 46.5 Å². The Hall–Kier alpha value is -2.29. The van der Waals surface area contributed by atoms with Crippen LogP contribution in [0.15, 0.2) is 48.5 Å². The zero-order chi connectivity index (χ0) is 12.3. The van der Waals surface area contributed by atoms with E-state index in [9.17, 15) is 9.90 Å². The van der Waals surface area contributed by atoms with Crippen LogP contribution < -0.4 is 4.74 Å². The summed E-state index contributed by atoms with van der Waals surface area (Å²) in [5.41, 5.74) is 1.45. The minimum absolute atomic E-state index is 0.0477. The number of carbonyl (C=O) groups excluding carboxylic acids is 1. The lowest BCUT2D eigenvalue weighted by atomic mass is 10.1. The summed E-state index contributed by atoms with van der Waals surface area (Å²) in [4.78, 5) is 11.8. The predicted octanol–water partition coefficient (Wildman–Crippen LogP) is 2.92. The molecule has 0 atom stereocenters. The summed E-state index contributed by atoms with van der Waals surface area (Å²) < 4.78 is 5.10. The second kappa shape index (κ2) is 4.70. The molecule has 0 heterocycles. The monoisotopic (exact) mass is 228 g/mol. The number of phenols is 1. The normalized spacial score (nSPS) is 9.94. The van der Waals surface area contributed by atoms with Crippen molar-refractivity contribution < 1.29 is 14.6 Å². The first kappa shape index (κ1) is 11.2. The maximum Gasteiger partial charge on any atom is 0.343 e. The van der Waals surface area contributed by atoms with Crippen LogP contribution in [0.2, 0.25) is 0 Å². The number of aryl methyl sites for hydroxylation is 1. The van der Waals surface area contributed by atoms with Gasteiger partial charge in [0.15, 0.2) is 11.5 Å². The van der Waals surface area contributed by atoms with Gasteiger partial charge < -0.3 is 9.84 Å². The number of esters is 1. The number of hydrogen-bond acceptors (Lipinski definition) is 3. The number of ether oxygens (including phenoxy) is 1. The molecule has 17 heavy (non-hydrogen) atoms. The zero-order valence-corrected chi connectivity index (χ0v) is 9.38. The fourth-order valence-electron chi connectivity index (χ4n) is 1.47. The molecule has 0 saturated carbocycles. The van der Waals surface area contributed by atoms with Gasteiger partial charge in [0.2, 0.25) is 0 Å². The highest BCUT2D eigenvalue weighted by Gasteiger charge is 2.10. The average molecular weight is 228 g/mol. The molecular weight excluding hydrogens is 216 g/mol. The van der Waals surface area contributed by atoms with E-state index in [0.29, 0.717) is 5.56 Å². The van der Waals surface area contributed by atoms with E-state index in [4.69, 9.17) is 4.74 Å². The molecular formula is C14H12O3. The summed E-state index contributed by atoms with van der Waals surface area (Å²) in [5, 5.41) is 9.48. The van der Waals surface area contributed by atoms with Crippen molar-refractivity contribution >= 4 is 5.97 Å². The maximum absolute atomic E-state index is 11.8. The molecule has 0 aliphatic rings. The third-order valence-corrected chi connectivity index (χ3v) is 2.32. The molecule has 0 aromatic heterocycles. The molecule has 0 unspecified atom stereocenters. The number of phenolic OH excluding ortho intramolecular Hbond substituents is 1. The zero-order valence-electron chi connectivity index (χ0n) is 9.38. The van der Waals surface area contributed by atoms with Crippen molar-refractivity contribution in [3.8, 4) is 11.5 Å². The van der Waals surface area contributed by atoms with Gasteiger partial charge in [0.1, 0.15) is 0 Å². The molecule has 2 rings (SSSR count). The molecule has 0 radical (unpaired) electrons. The van der Waals surface area contributed by atoms with Crippen LogP contribution in [-0.2, 0) is 0 Å². The summed E-state index contributed by atoms with van der Waals surface area (Å²) in [6.07, 6.45) is 0. The van der Waals surface area contributed by atoms with Crippen molar-refractivity contribution in [3.63, 3.8) is 0 Å². The second-order valence-electron chi connectivity index (χ2n) is 3.73. The number of hydrogen-bond donors (Lipinski definition) is 1. The minimum Gasteiger partial charge on any atom is -0.504 e. The minimum atomic E-state index is -0.477. The van der Waals surface area contributed by atoms with Crippen LogP contribution in [0.4, 0.5) is 0 Å². The Kier molecular flexibility index (Phi) is 3.10. The molecule has 0 aliphatic carbocycles. The highest BCUT2D eigenvalue weighted by Crippen LogP contribution is 2.25. The summed E-state index contributed by atoms with van der Waals surface area (Å²) in [5.74, 6) is -0.359. The van der Waals surface area contributed by atoms with Gasteiger partial charge in [-0.05, 0) is 31.2 Å². The lowest BCUT2D eigenvalue weighted by molar-refractivity contribution is 0.0729. The first-order valence-corrected chi connectivity index (χ1v) is 5.23. The number of benzene rings is 2. The fraction of sp³-hybridized carbons (Fsp3) is 0.0714. The van der Waals surface area contributed by atoms with Gasteiger partial charge in [0.25, 0.3) is 0 Å². The van der Waals surface area contributed by atoms with E-state index in [0.717, 1.165) is 5.56 Å². The molecule has 3 heteroatoms. The van der Waals surface area contributed by atoms with Crippen molar-refractivity contribution in [1.29, 1.82) is 0 Å². The van der Waals surface area contributed by atoms with Crippen molar-refractivity contribution in [2.24, 2.45) is 0 Å². The van der Waals surface area contributed by atoms with E-state index in [2.05, 4.69) is 0 Å². The summed E-state index contributed by atoms with van der Waals surface area (Å²) in [6.45, 7) is 1.90. The van der Waals surface area contributed by atoms with Crippen LogP contribution in [-0.4, -0.2) is 11.1 Å². The van der Waals surface area contributed by atoms with E-state index < -0.39 is 5.97 Å². The van der Waals surface area contributed by atoms with Gasteiger partial charge in [-0.15, -0.1) is 0 Å². The Bertz CT molecular complexity index is 547. The first-order chi connectivity index (χ1) is 8.16. The number of carbonyl (C=O) groups is 1. The van der Waals surface area contributed by atoms with Gasteiger partial charge in [-0.1, -0.05) is 29.8 Å². The Morgan fingerprint density at radius 1 is 1.12 bits per heavy atom. The molecule has 1 N–H and O–H groups in total. The summed E-state index contributed by atoms with van der Waals surface area (Å²) >= 11 is 0. The van der Waals surface area contributed by atoms with E-state index in [1.165, 1.54) is 6.07 Å². The summed E-state index contributed by atoms with van der Waals surface area (Å²) in [6, 6.07) is 13.5. The lowest BCUT2D eigenvalue weighted by Gasteiger charge is -2.06. The van der Waals surface area contributed by atoms with E-state index in [1.54, 1.807) is 36.4 Å². The van der Waals surface area contributed by atoms with Crippen molar-refractivity contribution in [1.82, 2.24) is 0 Å². The van der Waals surface area contributed by atoms with Crippen LogP contribution >= 0.6 is 0 Å². The van der Waals surface area contributed by atoms with Gasteiger partial charge in [-0.2, -0.15) is 0 Å². The van der Waals surface area contributed by atoms with Gasteiger partial charge in [0, 0.05) is 0 Å². The largest absolute Gasteiger partial charge is 0.504 e. The highest BCUT2D eigenvalue weighted by atomic mass is 16.5. The Labute approximate surface area is 99.3 Å². The van der Waals surface area contributed by atoms with Crippen LogP contribution in [0, 0.1) is 6.92 Å². The molecule has 0 saturated heterocycles. The molecule has 3 nitrogen and oxygen atoms in total. The molecule has 0 spiro atoms. The maximum atomic E-state index is 11.8. The standard InChI is InChI=1S/C14H12O3/c1-10-5-4-6-11(9-10)14(16)17-13-8-3-2-7-12(13)15/h2-9,15H,1H3. The smallest absolute Gasteiger partial charge is 0.343 e. The Balaban J connectivity index is 2.20. The quantitative estimate of drug-likeness (QED) is 0.635. The Morgan fingerprint density at radius 3 is 2.59 bits per heavy atom. The van der Waals surface area contributed by atoms with E-state index in [1.807, 2.05) is 13.0 Å². The molecule has 86 valence electrons. The molecule has 2 aromatic carbocycles. The van der Waals surface area contributed by atoms with Crippen molar-refractivity contribution in [2.45, 2.75) is 6.92 Å². The molecule has 0 fully saturated rings. The second-order valence-corrected chi connectivity index (χ2v) is 3.73. The SMILES string of the molecule is Cc1cccc(C(=O)Oc2ccccc2O)c1. The molecule has 0 aliphatic heterocycles. The van der Waals surface area contributed by atoms with Crippen LogP contribution in [0.25, 0.3) is 0 Å². The van der Waals surface area contributed by atoms with Crippen LogP contribution in [0.3, 0.4) is 0 Å². The van der Waals surface area contributed by atoms with Crippen LogP contribution in [0.1, 0.15) is 15.9 Å². The van der Waals surface area contributed by atoms with Gasteiger partial charge in [-0.3, -0.25) is 0 Å². The average Bonchev–Trinajstić information content (AvgIpc) is 2.32. The third kappa shape index (κ3) is 2.64. The highest BCUT2D eigenvalue weighted by molar-refractivity contribution is 5.91.